The Hall–Kier alpha value is -1.75. The predicted molar refractivity (Wildman–Crippen MR) is 104 cm³/mol. The summed E-state index contributed by atoms with van der Waals surface area (Å²) in [6.45, 7) is 3.52. The molecule has 0 aliphatic carbocycles. The largest absolute Gasteiger partial charge is 0.286 e. The van der Waals surface area contributed by atoms with Crippen LogP contribution < -0.4 is 0 Å². The second-order valence-electron chi connectivity index (χ2n) is 7.36. The van der Waals surface area contributed by atoms with Crippen LogP contribution in [-0.2, 0) is 0 Å². The van der Waals surface area contributed by atoms with E-state index in [2.05, 4.69) is 63.7 Å². The zero-order valence-corrected chi connectivity index (χ0v) is 15.4. The van der Waals surface area contributed by atoms with Crippen LogP contribution in [0.15, 0.2) is 48.7 Å². The van der Waals surface area contributed by atoms with E-state index in [4.69, 9.17) is 0 Å². The van der Waals surface area contributed by atoms with Crippen molar-refractivity contribution in [2.45, 2.75) is 24.9 Å². The number of fused-ring (bicyclic) bond motifs is 2. The zero-order valence-electron chi connectivity index (χ0n) is 14.6. The lowest BCUT2D eigenvalue weighted by molar-refractivity contribution is 0.0669. The van der Waals surface area contributed by atoms with E-state index < -0.39 is 0 Å². The van der Waals surface area contributed by atoms with Crippen LogP contribution in [0.25, 0.3) is 10.1 Å². The van der Waals surface area contributed by atoms with Gasteiger partial charge in [0.25, 0.3) is 0 Å². The average molecular weight is 350 g/mol. The van der Waals surface area contributed by atoms with Crippen molar-refractivity contribution in [3.05, 3.63) is 65.4 Å². The van der Waals surface area contributed by atoms with Gasteiger partial charge >= 0.3 is 0 Å². The molecule has 2 aromatic carbocycles. The van der Waals surface area contributed by atoms with E-state index in [0.29, 0.717) is 12.1 Å². The molecule has 1 saturated heterocycles. The first-order valence-corrected chi connectivity index (χ1v) is 9.96. The Kier molecular flexibility index (Phi) is 3.85. The summed E-state index contributed by atoms with van der Waals surface area (Å²) in [5.41, 5.74) is 4.41. The minimum absolute atomic E-state index is 0.432. The van der Waals surface area contributed by atoms with Crippen molar-refractivity contribution in [1.29, 1.82) is 0 Å². The van der Waals surface area contributed by atoms with E-state index in [0.717, 1.165) is 6.54 Å². The van der Waals surface area contributed by atoms with E-state index in [9.17, 15) is 0 Å². The Morgan fingerprint density at radius 1 is 1.04 bits per heavy atom. The number of rotatable bonds is 2. The van der Waals surface area contributed by atoms with Crippen LogP contribution in [0.3, 0.4) is 0 Å². The summed E-state index contributed by atoms with van der Waals surface area (Å²) in [5, 5.41) is 1.25. The first-order chi connectivity index (χ1) is 12.3. The minimum Gasteiger partial charge on any atom is -0.286 e. The number of hydrogen-bond donors (Lipinski definition) is 0. The maximum absolute atomic E-state index is 4.34. The van der Waals surface area contributed by atoms with Gasteiger partial charge in [-0.3, -0.25) is 9.80 Å². The lowest BCUT2D eigenvalue weighted by Crippen LogP contribution is -2.44. The Balaban J connectivity index is 1.59. The Morgan fingerprint density at radius 2 is 1.84 bits per heavy atom. The third-order valence-corrected chi connectivity index (χ3v) is 6.57. The molecular formula is C21H23N3S. The molecule has 0 amide bonds. The van der Waals surface area contributed by atoms with Gasteiger partial charge in [-0.1, -0.05) is 36.4 Å². The fourth-order valence-electron chi connectivity index (χ4n) is 4.63. The summed E-state index contributed by atoms with van der Waals surface area (Å²) < 4.78 is 5.63. The molecule has 2 aliphatic heterocycles. The molecule has 25 heavy (non-hydrogen) atoms. The molecule has 3 nitrogen and oxygen atoms in total. The molecule has 0 bridgehead atoms. The molecule has 1 fully saturated rings. The van der Waals surface area contributed by atoms with Crippen molar-refractivity contribution >= 4 is 21.6 Å². The molecule has 4 heteroatoms. The van der Waals surface area contributed by atoms with Crippen LogP contribution in [-0.4, -0.2) is 40.9 Å². The van der Waals surface area contributed by atoms with Crippen LogP contribution in [0.2, 0.25) is 0 Å². The second kappa shape index (κ2) is 6.20. The van der Waals surface area contributed by atoms with Crippen molar-refractivity contribution in [2.24, 2.45) is 0 Å². The van der Waals surface area contributed by atoms with Crippen molar-refractivity contribution in [1.82, 2.24) is 14.2 Å². The Bertz CT molecular complexity index is 897. The number of hydrogen-bond acceptors (Lipinski definition) is 4. The Morgan fingerprint density at radius 3 is 2.68 bits per heavy atom. The minimum atomic E-state index is 0.432. The average Bonchev–Trinajstić information content (AvgIpc) is 3.32. The van der Waals surface area contributed by atoms with Crippen LogP contribution >= 0.6 is 11.5 Å². The SMILES string of the molecule is CN1CC(c2ccc3cnsc3c2)c2ccccc2C1N1CCCC1. The first kappa shape index (κ1) is 15.5. The fourth-order valence-corrected chi connectivity index (χ4v) is 5.32. The van der Waals surface area contributed by atoms with Crippen molar-refractivity contribution in [3.63, 3.8) is 0 Å². The predicted octanol–water partition coefficient (Wildman–Crippen LogP) is 4.47. The van der Waals surface area contributed by atoms with Gasteiger partial charge in [-0.2, -0.15) is 4.37 Å². The molecule has 5 rings (SSSR count). The molecule has 0 radical (unpaired) electrons. The summed E-state index contributed by atoms with van der Waals surface area (Å²) in [4.78, 5) is 5.20. The van der Waals surface area contributed by atoms with E-state index in [1.165, 1.54) is 52.7 Å². The summed E-state index contributed by atoms with van der Waals surface area (Å²) in [6, 6.07) is 15.9. The third kappa shape index (κ3) is 2.60. The van der Waals surface area contributed by atoms with Crippen LogP contribution in [0.4, 0.5) is 0 Å². The molecular weight excluding hydrogens is 326 g/mol. The van der Waals surface area contributed by atoms with E-state index in [-0.39, 0.29) is 0 Å². The van der Waals surface area contributed by atoms with Crippen LogP contribution in [0.5, 0.6) is 0 Å². The molecule has 128 valence electrons. The standard InChI is InChI=1S/C21H23N3S/c1-23-14-19(15-8-9-16-13-22-25-20(16)12-15)17-6-2-3-7-18(17)21(23)24-10-4-5-11-24/h2-3,6-9,12-13,19,21H,4-5,10-11,14H2,1H3. The van der Waals surface area contributed by atoms with Gasteiger partial charge in [-0.25, -0.2) is 0 Å². The molecule has 3 heterocycles. The molecule has 0 spiro atoms. The van der Waals surface area contributed by atoms with Gasteiger partial charge in [-0.15, -0.1) is 0 Å². The third-order valence-electron chi connectivity index (χ3n) is 5.81. The molecule has 3 aromatic rings. The Labute approximate surface area is 153 Å². The molecule has 0 saturated carbocycles. The van der Waals surface area contributed by atoms with Crippen molar-refractivity contribution in [2.75, 3.05) is 26.7 Å². The molecule has 2 aliphatic rings. The van der Waals surface area contributed by atoms with Gasteiger partial charge < -0.3 is 0 Å². The van der Waals surface area contributed by atoms with Gasteiger partial charge in [0.2, 0.25) is 0 Å². The van der Waals surface area contributed by atoms with Gasteiger partial charge in [0.05, 0.1) is 10.9 Å². The molecule has 2 atom stereocenters. The highest BCUT2D eigenvalue weighted by Crippen LogP contribution is 2.41. The number of aromatic nitrogens is 1. The lowest BCUT2D eigenvalue weighted by atomic mass is 9.83. The maximum Gasteiger partial charge on any atom is 0.0886 e. The highest BCUT2D eigenvalue weighted by Gasteiger charge is 2.35. The van der Waals surface area contributed by atoms with Gasteiger partial charge in [0.1, 0.15) is 0 Å². The quantitative estimate of drug-likeness (QED) is 0.680. The van der Waals surface area contributed by atoms with Gasteiger partial charge in [-0.05, 0) is 67.3 Å². The van der Waals surface area contributed by atoms with Crippen LogP contribution in [0.1, 0.15) is 41.6 Å². The number of nitrogens with zero attached hydrogens (tertiary/aromatic N) is 3. The van der Waals surface area contributed by atoms with Crippen molar-refractivity contribution in [3.8, 4) is 0 Å². The molecule has 2 unspecified atom stereocenters. The maximum atomic E-state index is 4.34. The molecule has 0 N–H and O–H groups in total. The highest BCUT2D eigenvalue weighted by molar-refractivity contribution is 7.13. The van der Waals surface area contributed by atoms with E-state index >= 15 is 0 Å². The number of likely N-dealkylation sites (N-methyl/N-ethyl adjacent to an activating group) is 1. The van der Waals surface area contributed by atoms with Crippen LogP contribution in [0, 0.1) is 0 Å². The van der Waals surface area contributed by atoms with Crippen molar-refractivity contribution < 1.29 is 0 Å². The number of benzene rings is 2. The first-order valence-electron chi connectivity index (χ1n) is 9.19. The van der Waals surface area contributed by atoms with Gasteiger partial charge in [0, 0.05) is 24.0 Å². The second-order valence-corrected chi connectivity index (χ2v) is 8.19. The molecule has 1 aromatic heterocycles. The lowest BCUT2D eigenvalue weighted by Gasteiger charge is -2.43. The topological polar surface area (TPSA) is 19.4 Å². The summed E-state index contributed by atoms with van der Waals surface area (Å²) in [6.07, 6.45) is 5.06. The van der Waals surface area contributed by atoms with E-state index in [1.54, 1.807) is 11.5 Å². The zero-order chi connectivity index (χ0) is 16.8. The highest BCUT2D eigenvalue weighted by atomic mass is 32.1. The summed E-state index contributed by atoms with van der Waals surface area (Å²) in [7, 11) is 2.29. The number of likely N-dealkylation sites (tertiary alicyclic amines) is 1. The summed E-state index contributed by atoms with van der Waals surface area (Å²) in [5.74, 6) is 0.437. The van der Waals surface area contributed by atoms with Gasteiger partial charge in [0.15, 0.2) is 0 Å². The van der Waals surface area contributed by atoms with E-state index in [1.807, 2.05) is 6.20 Å². The normalized spacial score (nSPS) is 24.7. The summed E-state index contributed by atoms with van der Waals surface area (Å²) >= 11 is 1.60. The smallest absolute Gasteiger partial charge is 0.0886 e. The monoisotopic (exact) mass is 349 g/mol. The fraction of sp³-hybridized carbons (Fsp3) is 0.381.